The Morgan fingerprint density at radius 2 is 1.86 bits per heavy atom. The van der Waals surface area contributed by atoms with Crippen molar-refractivity contribution in [1.29, 1.82) is 0 Å². The van der Waals surface area contributed by atoms with E-state index >= 15 is 0 Å². The van der Waals surface area contributed by atoms with E-state index in [1.54, 1.807) is 12.1 Å². The molecule has 0 amide bonds. The molecule has 0 aliphatic heterocycles. The van der Waals surface area contributed by atoms with E-state index in [0.717, 1.165) is 5.56 Å². The number of rotatable bonds is 9. The number of benzene rings is 1. The summed E-state index contributed by atoms with van der Waals surface area (Å²) in [6, 6.07) is 19.2. The molecule has 0 aromatic heterocycles. The molecule has 0 saturated heterocycles. The monoisotopic (exact) mass is 285 g/mol. The summed E-state index contributed by atoms with van der Waals surface area (Å²) in [4.78, 5) is 0. The van der Waals surface area contributed by atoms with Gasteiger partial charge in [0.1, 0.15) is 19.0 Å². The second kappa shape index (κ2) is 8.85. The third-order valence-corrected chi connectivity index (χ3v) is 2.67. The molecular weight excluding hydrogens is 266 g/mol. The van der Waals surface area contributed by atoms with Crippen molar-refractivity contribution in [3.63, 3.8) is 0 Å². The highest BCUT2D eigenvalue weighted by atomic mass is 16.5. The Morgan fingerprint density at radius 1 is 1.00 bits per heavy atom. The predicted octanol–water partition coefficient (Wildman–Crippen LogP) is 2.22. The number of hydrogen-bond acceptors (Lipinski definition) is 4. The van der Waals surface area contributed by atoms with E-state index in [4.69, 9.17) is 19.9 Å². The zero-order valence-electron chi connectivity index (χ0n) is 11.9. The molecule has 2 N–H and O–H groups in total. The molecule has 4 nitrogen and oxygen atoms in total. The maximum atomic E-state index is 5.58. The quantitative estimate of drug-likeness (QED) is 0.718. The van der Waals surface area contributed by atoms with Crippen molar-refractivity contribution >= 4 is 0 Å². The van der Waals surface area contributed by atoms with E-state index in [9.17, 15) is 0 Å². The first-order valence-electron chi connectivity index (χ1n) is 6.89. The lowest BCUT2D eigenvalue weighted by Crippen LogP contribution is -2.10. The van der Waals surface area contributed by atoms with Gasteiger partial charge in [-0.1, -0.05) is 36.4 Å². The Labute approximate surface area is 125 Å². The second-order valence-electron chi connectivity index (χ2n) is 4.35. The highest BCUT2D eigenvalue weighted by Crippen LogP contribution is 2.15. The van der Waals surface area contributed by atoms with Gasteiger partial charge < -0.3 is 19.9 Å². The summed E-state index contributed by atoms with van der Waals surface area (Å²) in [6.07, 6.45) is 0. The predicted molar refractivity (Wildman–Crippen MR) is 80.3 cm³/mol. The molecule has 0 fully saturated rings. The highest BCUT2D eigenvalue weighted by molar-refractivity contribution is 5.28. The molecular formula is C17H19NO3. The lowest BCUT2D eigenvalue weighted by atomic mass is 10.2. The molecule has 0 aliphatic carbocycles. The fraction of sp³-hybridized carbons (Fsp3) is 0.294. The molecule has 0 atom stereocenters. The highest BCUT2D eigenvalue weighted by Gasteiger charge is 1.98. The van der Waals surface area contributed by atoms with Crippen molar-refractivity contribution < 1.29 is 14.2 Å². The minimum absolute atomic E-state index is 0.452. The molecule has 0 saturated carbocycles. The summed E-state index contributed by atoms with van der Waals surface area (Å²) in [5.41, 5.74) is 6.53. The first kappa shape index (κ1) is 15.2. The zero-order chi connectivity index (χ0) is 14.8. The number of ether oxygens (including phenoxy) is 3. The molecule has 4 heteroatoms. The second-order valence-corrected chi connectivity index (χ2v) is 4.35. The van der Waals surface area contributed by atoms with Crippen LogP contribution in [0.1, 0.15) is 5.56 Å². The largest absolute Gasteiger partial charge is 0.490 e. The Hall–Kier alpha value is -2.22. The van der Waals surface area contributed by atoms with Gasteiger partial charge in [-0.3, -0.25) is 0 Å². The lowest BCUT2D eigenvalue weighted by molar-refractivity contribution is 0.0888. The van der Waals surface area contributed by atoms with Gasteiger partial charge in [0.15, 0.2) is 5.75 Å². The van der Waals surface area contributed by atoms with Gasteiger partial charge >= 0.3 is 0 Å². The molecule has 2 aromatic carbocycles. The van der Waals surface area contributed by atoms with Gasteiger partial charge in [0.05, 0.1) is 13.2 Å². The fourth-order valence-corrected chi connectivity index (χ4v) is 1.70. The molecule has 0 aliphatic rings. The van der Waals surface area contributed by atoms with Gasteiger partial charge in [0.2, 0.25) is 0 Å². The minimum Gasteiger partial charge on any atom is -0.490 e. The van der Waals surface area contributed by atoms with Gasteiger partial charge in [0.25, 0.3) is 0 Å². The molecule has 2 aromatic rings. The molecule has 2 rings (SSSR count). The lowest BCUT2D eigenvalue weighted by Gasteiger charge is -2.08. The summed E-state index contributed by atoms with van der Waals surface area (Å²) in [5.74, 6) is 1.27. The van der Waals surface area contributed by atoms with Gasteiger partial charge in [-0.2, -0.15) is 0 Å². The van der Waals surface area contributed by atoms with Crippen LogP contribution in [0.4, 0.5) is 0 Å². The van der Waals surface area contributed by atoms with Crippen molar-refractivity contribution in [3.8, 4) is 11.5 Å². The first-order valence-corrected chi connectivity index (χ1v) is 6.89. The number of hydrogen-bond donors (Lipinski definition) is 1. The van der Waals surface area contributed by atoms with Gasteiger partial charge in [0, 0.05) is 18.7 Å². The van der Waals surface area contributed by atoms with Crippen LogP contribution in [0, 0.1) is 12.1 Å². The van der Waals surface area contributed by atoms with Crippen LogP contribution in [-0.2, 0) is 11.3 Å². The van der Waals surface area contributed by atoms with Crippen molar-refractivity contribution in [3.05, 3.63) is 60.2 Å². The van der Waals surface area contributed by atoms with E-state index in [1.165, 1.54) is 0 Å². The van der Waals surface area contributed by atoms with Gasteiger partial charge in [-0.25, -0.2) is 0 Å². The van der Waals surface area contributed by atoms with E-state index in [1.807, 2.05) is 30.3 Å². The molecule has 0 heterocycles. The SMILES string of the molecule is NCCOc1c#ccc(OCCOCc2ccccc2)c1. The summed E-state index contributed by atoms with van der Waals surface area (Å²) < 4.78 is 16.5. The van der Waals surface area contributed by atoms with Crippen LogP contribution in [0.5, 0.6) is 11.5 Å². The minimum atomic E-state index is 0.452. The van der Waals surface area contributed by atoms with E-state index < -0.39 is 0 Å². The summed E-state index contributed by atoms with van der Waals surface area (Å²) in [5, 5.41) is 0. The summed E-state index contributed by atoms with van der Waals surface area (Å²) >= 11 is 0. The molecule has 21 heavy (non-hydrogen) atoms. The molecule has 0 radical (unpaired) electrons. The van der Waals surface area contributed by atoms with Crippen LogP contribution < -0.4 is 15.2 Å². The maximum Gasteiger partial charge on any atom is 0.174 e. The average molecular weight is 285 g/mol. The average Bonchev–Trinajstić information content (AvgIpc) is 2.54. The van der Waals surface area contributed by atoms with E-state index in [0.29, 0.717) is 44.5 Å². The zero-order valence-corrected chi connectivity index (χ0v) is 11.9. The third kappa shape index (κ3) is 5.74. The van der Waals surface area contributed by atoms with Crippen LogP contribution >= 0.6 is 0 Å². The topological polar surface area (TPSA) is 53.7 Å². The Balaban J connectivity index is 1.66. The Kier molecular flexibility index (Phi) is 6.40. The van der Waals surface area contributed by atoms with Crippen LogP contribution in [0.15, 0.2) is 42.5 Å². The van der Waals surface area contributed by atoms with Crippen molar-refractivity contribution in [2.45, 2.75) is 6.61 Å². The normalized spacial score (nSPS) is 9.95. The van der Waals surface area contributed by atoms with Crippen molar-refractivity contribution in [1.82, 2.24) is 0 Å². The molecule has 0 unspecified atom stereocenters. The number of nitrogens with two attached hydrogens (primary N) is 1. The summed E-state index contributed by atoms with van der Waals surface area (Å²) in [7, 11) is 0. The Bertz CT molecular complexity index is 516. The standard InChI is InChI=1S/C17H19NO3/c18-9-10-20-16-7-4-8-17(13-16)21-12-11-19-14-15-5-2-1-3-6-15/h1-3,5-6,8,13H,9-12,14,18H2. The van der Waals surface area contributed by atoms with Crippen molar-refractivity contribution in [2.75, 3.05) is 26.4 Å². The fourth-order valence-electron chi connectivity index (χ4n) is 1.70. The van der Waals surface area contributed by atoms with Crippen LogP contribution in [0.2, 0.25) is 0 Å². The van der Waals surface area contributed by atoms with E-state index in [2.05, 4.69) is 12.1 Å². The Morgan fingerprint density at radius 3 is 2.67 bits per heavy atom. The molecule has 110 valence electrons. The van der Waals surface area contributed by atoms with Gasteiger partial charge in [-0.05, 0) is 11.6 Å². The molecule has 0 spiro atoms. The molecule has 0 bridgehead atoms. The smallest absolute Gasteiger partial charge is 0.174 e. The van der Waals surface area contributed by atoms with E-state index in [-0.39, 0.29) is 0 Å². The maximum absolute atomic E-state index is 5.58. The van der Waals surface area contributed by atoms with Crippen LogP contribution in [-0.4, -0.2) is 26.4 Å². The van der Waals surface area contributed by atoms with Crippen molar-refractivity contribution in [2.24, 2.45) is 5.73 Å². The third-order valence-electron chi connectivity index (χ3n) is 2.67. The van der Waals surface area contributed by atoms with Gasteiger partial charge in [-0.15, -0.1) is 0 Å². The van der Waals surface area contributed by atoms with Crippen LogP contribution in [0.25, 0.3) is 0 Å². The van der Waals surface area contributed by atoms with Crippen LogP contribution in [0.3, 0.4) is 0 Å². The summed E-state index contributed by atoms with van der Waals surface area (Å²) in [6.45, 7) is 2.50. The first-order chi connectivity index (χ1) is 10.4.